The monoisotopic (exact) mass is 473 g/mol. The second-order valence-corrected chi connectivity index (χ2v) is 8.39. The summed E-state index contributed by atoms with van der Waals surface area (Å²) in [5, 5.41) is 7.75. The van der Waals surface area contributed by atoms with Crippen molar-refractivity contribution in [2.24, 2.45) is 0 Å². The van der Waals surface area contributed by atoms with Crippen LogP contribution in [0.5, 0.6) is 5.75 Å². The molecular weight excluding hydrogens is 450 g/mol. The number of amides is 1. The Morgan fingerprint density at radius 1 is 0.971 bits per heavy atom. The molecule has 4 rings (SSSR count). The third-order valence-electron chi connectivity index (χ3n) is 5.70. The first-order chi connectivity index (χ1) is 16.3. The zero-order valence-corrected chi connectivity index (χ0v) is 20.1. The summed E-state index contributed by atoms with van der Waals surface area (Å²) >= 11 is 6.27. The van der Waals surface area contributed by atoms with Gasteiger partial charge in [0.25, 0.3) is 5.91 Å². The smallest absolute Gasteiger partial charge is 0.258 e. The molecule has 1 N–H and O–H groups in total. The minimum atomic E-state index is -0.447. The number of ether oxygens (including phenoxy) is 1. The number of nitrogens with zero attached hydrogens (tertiary/aromatic N) is 2. The maximum Gasteiger partial charge on any atom is 0.258 e. The number of aromatic nitrogens is 2. The van der Waals surface area contributed by atoms with Crippen molar-refractivity contribution >= 4 is 23.3 Å². The molecule has 34 heavy (non-hydrogen) atoms. The molecule has 0 fully saturated rings. The molecule has 1 aromatic heterocycles. The first kappa shape index (κ1) is 23.3. The molecule has 7 heteroatoms. The summed E-state index contributed by atoms with van der Waals surface area (Å²) < 4.78 is 6.96. The molecule has 1 amide bonds. The Kier molecular flexibility index (Phi) is 6.52. The summed E-state index contributed by atoms with van der Waals surface area (Å²) in [7, 11) is 1.56. The highest BCUT2D eigenvalue weighted by atomic mass is 35.5. The summed E-state index contributed by atoms with van der Waals surface area (Å²) in [5.41, 5.74) is 4.10. The van der Waals surface area contributed by atoms with Crippen molar-refractivity contribution in [3.8, 4) is 22.6 Å². The molecule has 172 valence electrons. The molecule has 6 nitrogen and oxygen atoms in total. The molecular formula is C27H24ClN3O3. The molecule has 0 aliphatic heterocycles. The highest BCUT2D eigenvalue weighted by Gasteiger charge is 2.22. The summed E-state index contributed by atoms with van der Waals surface area (Å²) in [5.74, 6) is 0.391. The molecule has 0 saturated carbocycles. The van der Waals surface area contributed by atoms with E-state index in [0.717, 1.165) is 11.1 Å². The number of carbonyl (C=O) groups is 1. The van der Waals surface area contributed by atoms with E-state index >= 15 is 0 Å². The van der Waals surface area contributed by atoms with Crippen LogP contribution in [0.25, 0.3) is 16.8 Å². The molecule has 4 aromatic rings. The number of rotatable bonds is 5. The van der Waals surface area contributed by atoms with Crippen LogP contribution in [0.2, 0.25) is 5.02 Å². The number of aryl methyl sites for hydroxylation is 3. The molecule has 1 heterocycles. The van der Waals surface area contributed by atoms with Gasteiger partial charge in [0, 0.05) is 0 Å². The Morgan fingerprint density at radius 3 is 2.44 bits per heavy atom. The normalized spacial score (nSPS) is 10.7. The van der Waals surface area contributed by atoms with Gasteiger partial charge in [0.15, 0.2) is 0 Å². The van der Waals surface area contributed by atoms with Crippen molar-refractivity contribution in [2.45, 2.75) is 20.8 Å². The van der Waals surface area contributed by atoms with Gasteiger partial charge in [-0.1, -0.05) is 41.9 Å². The van der Waals surface area contributed by atoms with Crippen LogP contribution in [0.3, 0.4) is 0 Å². The van der Waals surface area contributed by atoms with E-state index in [2.05, 4.69) is 10.4 Å². The van der Waals surface area contributed by atoms with Gasteiger partial charge in [-0.05, 0) is 73.9 Å². The van der Waals surface area contributed by atoms with Crippen molar-refractivity contribution in [1.82, 2.24) is 9.78 Å². The summed E-state index contributed by atoms with van der Waals surface area (Å²) in [6.07, 6.45) is 0. The SMILES string of the molecule is COc1cccc(-c2c(NC(=O)c3ccccc3Cl)n(-c3ccc(C)c(C)c3)nc(C)c2=O)c1. The van der Waals surface area contributed by atoms with Gasteiger partial charge >= 0.3 is 0 Å². The van der Waals surface area contributed by atoms with Crippen LogP contribution < -0.4 is 15.5 Å². The fourth-order valence-electron chi connectivity index (χ4n) is 3.67. The lowest BCUT2D eigenvalue weighted by atomic mass is 10.0. The molecule has 0 radical (unpaired) electrons. The standard InChI is InChI=1S/C27H24ClN3O3/c1-16-12-13-20(14-17(16)2)31-26(29-27(33)22-10-5-6-11-23(22)28)24(25(32)18(3)30-31)19-8-7-9-21(15-19)34-4/h5-15H,1-4H3,(H,29,33). The van der Waals surface area contributed by atoms with Crippen LogP contribution in [0.4, 0.5) is 5.82 Å². The lowest BCUT2D eigenvalue weighted by molar-refractivity contribution is 0.102. The topological polar surface area (TPSA) is 73.2 Å². The van der Waals surface area contributed by atoms with Crippen molar-refractivity contribution in [3.05, 3.63) is 104 Å². The van der Waals surface area contributed by atoms with Gasteiger partial charge in [0.1, 0.15) is 17.3 Å². The fraction of sp³-hybridized carbons (Fsp3) is 0.148. The van der Waals surface area contributed by atoms with Gasteiger partial charge in [0.05, 0.1) is 28.9 Å². The highest BCUT2D eigenvalue weighted by Crippen LogP contribution is 2.30. The third kappa shape index (κ3) is 4.45. The van der Waals surface area contributed by atoms with E-state index in [4.69, 9.17) is 16.3 Å². The minimum Gasteiger partial charge on any atom is -0.497 e. The van der Waals surface area contributed by atoms with Crippen LogP contribution in [-0.4, -0.2) is 22.8 Å². The fourth-order valence-corrected chi connectivity index (χ4v) is 3.89. The van der Waals surface area contributed by atoms with E-state index in [1.165, 1.54) is 0 Å². The Balaban J connectivity index is 2.00. The van der Waals surface area contributed by atoms with Gasteiger partial charge in [0.2, 0.25) is 5.43 Å². The summed E-state index contributed by atoms with van der Waals surface area (Å²) in [6, 6.07) is 19.7. The quantitative estimate of drug-likeness (QED) is 0.401. The van der Waals surface area contributed by atoms with Gasteiger partial charge in [-0.25, -0.2) is 4.68 Å². The zero-order valence-electron chi connectivity index (χ0n) is 19.3. The van der Waals surface area contributed by atoms with E-state index in [0.29, 0.717) is 38.8 Å². The van der Waals surface area contributed by atoms with Crippen molar-refractivity contribution in [3.63, 3.8) is 0 Å². The van der Waals surface area contributed by atoms with Gasteiger partial charge in [-0.2, -0.15) is 5.10 Å². The third-order valence-corrected chi connectivity index (χ3v) is 6.03. The van der Waals surface area contributed by atoms with Crippen molar-refractivity contribution < 1.29 is 9.53 Å². The maximum absolute atomic E-state index is 13.4. The lowest BCUT2D eigenvalue weighted by Gasteiger charge is -2.19. The predicted octanol–water partition coefficient (Wildman–Crippen LogP) is 5.74. The average Bonchev–Trinajstić information content (AvgIpc) is 2.83. The second kappa shape index (κ2) is 9.53. The number of benzene rings is 3. The molecule has 0 atom stereocenters. The van der Waals surface area contributed by atoms with Gasteiger partial charge in [-0.3, -0.25) is 9.59 Å². The van der Waals surface area contributed by atoms with Gasteiger partial charge in [-0.15, -0.1) is 0 Å². The zero-order chi connectivity index (χ0) is 24.4. The van der Waals surface area contributed by atoms with Crippen LogP contribution in [0, 0.1) is 20.8 Å². The largest absolute Gasteiger partial charge is 0.497 e. The van der Waals surface area contributed by atoms with Crippen LogP contribution in [0.1, 0.15) is 27.2 Å². The summed E-state index contributed by atoms with van der Waals surface area (Å²) in [6.45, 7) is 5.67. The lowest BCUT2D eigenvalue weighted by Crippen LogP contribution is -2.25. The Morgan fingerprint density at radius 2 is 1.74 bits per heavy atom. The minimum absolute atomic E-state index is 0.247. The van der Waals surface area contributed by atoms with E-state index in [1.807, 2.05) is 32.0 Å². The van der Waals surface area contributed by atoms with E-state index in [-0.39, 0.29) is 11.2 Å². The Hall–Kier alpha value is -3.90. The van der Waals surface area contributed by atoms with E-state index < -0.39 is 5.91 Å². The molecule has 0 bridgehead atoms. The average molecular weight is 474 g/mol. The first-order valence-electron chi connectivity index (χ1n) is 10.7. The predicted molar refractivity (Wildman–Crippen MR) is 135 cm³/mol. The summed E-state index contributed by atoms with van der Waals surface area (Å²) in [4.78, 5) is 26.7. The Labute approximate surface area is 202 Å². The maximum atomic E-state index is 13.4. The number of anilines is 1. The molecule has 0 spiro atoms. The van der Waals surface area contributed by atoms with Crippen LogP contribution in [0.15, 0.2) is 71.5 Å². The molecule has 3 aromatic carbocycles. The number of nitrogens with one attached hydrogen (secondary N) is 1. The molecule has 0 aliphatic rings. The first-order valence-corrected chi connectivity index (χ1v) is 11.1. The number of hydrogen-bond acceptors (Lipinski definition) is 4. The van der Waals surface area contributed by atoms with E-state index in [9.17, 15) is 9.59 Å². The number of halogens is 1. The molecule has 0 unspecified atom stereocenters. The molecule has 0 aliphatic carbocycles. The van der Waals surface area contributed by atoms with Crippen molar-refractivity contribution in [2.75, 3.05) is 12.4 Å². The second-order valence-electron chi connectivity index (χ2n) is 7.98. The number of methoxy groups -OCH3 is 1. The Bertz CT molecular complexity index is 1460. The van der Waals surface area contributed by atoms with E-state index in [1.54, 1.807) is 67.2 Å². The number of carbonyl (C=O) groups excluding carboxylic acids is 1. The molecule has 0 saturated heterocycles. The number of hydrogen-bond donors (Lipinski definition) is 1. The highest BCUT2D eigenvalue weighted by molar-refractivity contribution is 6.34. The van der Waals surface area contributed by atoms with Crippen LogP contribution >= 0.6 is 11.6 Å². The van der Waals surface area contributed by atoms with Crippen molar-refractivity contribution in [1.29, 1.82) is 0 Å². The van der Waals surface area contributed by atoms with Crippen LogP contribution in [-0.2, 0) is 0 Å². The van der Waals surface area contributed by atoms with Gasteiger partial charge < -0.3 is 10.1 Å².